The number of aryl methyl sites for hydroxylation is 1. The summed E-state index contributed by atoms with van der Waals surface area (Å²) in [4.78, 5) is 4.86. The molecule has 0 saturated heterocycles. The molecule has 2 heterocycles. The summed E-state index contributed by atoms with van der Waals surface area (Å²) < 4.78 is 2.31. The Morgan fingerprint density at radius 3 is 2.70 bits per heavy atom. The fraction of sp³-hybridized carbons (Fsp3) is 0.312. The summed E-state index contributed by atoms with van der Waals surface area (Å²) in [6.07, 6.45) is 0. The van der Waals surface area contributed by atoms with Crippen molar-refractivity contribution in [3.63, 3.8) is 0 Å². The van der Waals surface area contributed by atoms with E-state index in [-0.39, 0.29) is 0 Å². The Morgan fingerprint density at radius 1 is 1.30 bits per heavy atom. The molecule has 0 aliphatic heterocycles. The minimum absolute atomic E-state index is 0.373. The Hall–Kier alpha value is -1.65. The minimum Gasteiger partial charge on any atom is -0.326 e. The highest BCUT2D eigenvalue weighted by atomic mass is 32.1. The van der Waals surface area contributed by atoms with E-state index in [1.165, 1.54) is 16.6 Å². The third-order valence-electron chi connectivity index (χ3n) is 3.60. The summed E-state index contributed by atoms with van der Waals surface area (Å²) in [7, 11) is 0. The molecule has 2 N–H and O–H groups in total. The van der Waals surface area contributed by atoms with E-state index in [1.54, 1.807) is 11.3 Å². The van der Waals surface area contributed by atoms with Crippen LogP contribution in [0.5, 0.6) is 0 Å². The zero-order valence-corrected chi connectivity index (χ0v) is 12.9. The Kier molecular flexibility index (Phi) is 3.36. The van der Waals surface area contributed by atoms with Gasteiger partial charge in [0.05, 0.1) is 11.0 Å². The normalized spacial score (nSPS) is 11.7. The first-order chi connectivity index (χ1) is 9.61. The van der Waals surface area contributed by atoms with Gasteiger partial charge in [0.1, 0.15) is 5.82 Å². The van der Waals surface area contributed by atoms with Crippen molar-refractivity contribution in [1.82, 2.24) is 9.55 Å². The van der Waals surface area contributed by atoms with E-state index in [9.17, 15) is 0 Å². The summed E-state index contributed by atoms with van der Waals surface area (Å²) in [5.74, 6) is 1.06. The van der Waals surface area contributed by atoms with Crippen molar-refractivity contribution < 1.29 is 0 Å². The number of nitrogens with two attached hydrogens (primary N) is 1. The van der Waals surface area contributed by atoms with Gasteiger partial charge in [0, 0.05) is 23.5 Å². The summed E-state index contributed by atoms with van der Waals surface area (Å²) in [6.45, 7) is 7.09. The van der Waals surface area contributed by atoms with E-state index in [0.29, 0.717) is 12.6 Å². The Morgan fingerprint density at radius 2 is 2.10 bits per heavy atom. The topological polar surface area (TPSA) is 43.8 Å². The van der Waals surface area contributed by atoms with Gasteiger partial charge in [0.25, 0.3) is 0 Å². The molecular formula is C16H19N3S. The molecule has 3 aromatic rings. The molecule has 0 saturated carbocycles. The van der Waals surface area contributed by atoms with E-state index in [1.807, 2.05) is 0 Å². The number of aromatic nitrogens is 2. The van der Waals surface area contributed by atoms with Crippen LogP contribution < -0.4 is 5.73 Å². The first-order valence-electron chi connectivity index (χ1n) is 6.86. The van der Waals surface area contributed by atoms with Gasteiger partial charge in [0.15, 0.2) is 0 Å². The van der Waals surface area contributed by atoms with Gasteiger partial charge in [-0.15, -0.1) is 0 Å². The van der Waals surface area contributed by atoms with Crippen molar-refractivity contribution in [2.75, 3.05) is 0 Å². The molecule has 0 aliphatic rings. The molecule has 0 spiro atoms. The molecule has 0 amide bonds. The lowest BCUT2D eigenvalue weighted by molar-refractivity contribution is 0.624. The Bertz CT molecular complexity index is 752. The first kappa shape index (κ1) is 13.3. The number of rotatable bonds is 3. The van der Waals surface area contributed by atoms with Crippen molar-refractivity contribution >= 4 is 22.4 Å². The van der Waals surface area contributed by atoms with Crippen LogP contribution in [0.15, 0.2) is 29.0 Å². The fourth-order valence-electron chi connectivity index (χ4n) is 2.57. The summed E-state index contributed by atoms with van der Waals surface area (Å²) >= 11 is 1.73. The highest BCUT2D eigenvalue weighted by Gasteiger charge is 2.16. The van der Waals surface area contributed by atoms with Crippen LogP contribution in [-0.4, -0.2) is 9.55 Å². The average molecular weight is 285 g/mol. The smallest absolute Gasteiger partial charge is 0.142 e. The molecule has 0 atom stereocenters. The van der Waals surface area contributed by atoms with Gasteiger partial charge in [-0.25, -0.2) is 4.98 Å². The van der Waals surface area contributed by atoms with Crippen LogP contribution >= 0.6 is 11.3 Å². The maximum atomic E-state index is 5.73. The number of hydrogen-bond donors (Lipinski definition) is 1. The highest BCUT2D eigenvalue weighted by molar-refractivity contribution is 7.08. The van der Waals surface area contributed by atoms with Crippen LogP contribution in [0, 0.1) is 6.92 Å². The van der Waals surface area contributed by atoms with E-state index in [0.717, 1.165) is 16.9 Å². The number of imidazole rings is 1. The maximum Gasteiger partial charge on any atom is 0.142 e. The van der Waals surface area contributed by atoms with Crippen LogP contribution in [0.25, 0.3) is 22.4 Å². The number of nitrogens with zero attached hydrogens (tertiary/aromatic N) is 2. The minimum atomic E-state index is 0.373. The third-order valence-corrected chi connectivity index (χ3v) is 4.46. The molecule has 0 radical (unpaired) electrons. The second-order valence-corrected chi connectivity index (χ2v) is 6.14. The molecular weight excluding hydrogens is 266 g/mol. The van der Waals surface area contributed by atoms with Gasteiger partial charge < -0.3 is 10.3 Å². The van der Waals surface area contributed by atoms with Crippen LogP contribution in [0.4, 0.5) is 0 Å². The van der Waals surface area contributed by atoms with Gasteiger partial charge >= 0.3 is 0 Å². The monoisotopic (exact) mass is 285 g/mol. The van der Waals surface area contributed by atoms with E-state index >= 15 is 0 Å². The fourth-order valence-corrected chi connectivity index (χ4v) is 3.40. The second-order valence-electron chi connectivity index (χ2n) is 5.39. The zero-order valence-electron chi connectivity index (χ0n) is 12.1. The summed E-state index contributed by atoms with van der Waals surface area (Å²) in [6, 6.07) is 6.69. The summed E-state index contributed by atoms with van der Waals surface area (Å²) in [5.41, 5.74) is 11.6. The van der Waals surface area contributed by atoms with Crippen molar-refractivity contribution in [1.29, 1.82) is 0 Å². The number of fused-ring (bicyclic) bond motifs is 1. The molecule has 0 aliphatic carbocycles. The predicted molar refractivity (Wildman–Crippen MR) is 86.1 cm³/mol. The standard InChI is InChI=1S/C16H19N3S/c1-10(2)19-15-5-4-12(7-17)6-14(15)18-16(19)13-9-20-8-11(13)3/h4-6,8-10H,7,17H2,1-3H3. The second kappa shape index (κ2) is 5.04. The van der Waals surface area contributed by atoms with Crippen LogP contribution in [-0.2, 0) is 6.54 Å². The third kappa shape index (κ3) is 2.05. The lowest BCUT2D eigenvalue weighted by Gasteiger charge is -2.13. The highest BCUT2D eigenvalue weighted by Crippen LogP contribution is 2.32. The molecule has 1 aromatic carbocycles. The predicted octanol–water partition coefficient (Wildman–Crippen LogP) is 4.11. The van der Waals surface area contributed by atoms with Gasteiger partial charge in [-0.05, 0) is 49.4 Å². The first-order valence-corrected chi connectivity index (χ1v) is 7.80. The zero-order chi connectivity index (χ0) is 14.3. The Balaban J connectivity index is 2.31. The van der Waals surface area contributed by atoms with E-state index in [2.05, 4.69) is 54.3 Å². The van der Waals surface area contributed by atoms with Gasteiger partial charge in [0.2, 0.25) is 0 Å². The number of benzene rings is 1. The summed E-state index contributed by atoms with van der Waals surface area (Å²) in [5, 5.41) is 4.35. The van der Waals surface area contributed by atoms with Crippen LogP contribution in [0.1, 0.15) is 31.0 Å². The van der Waals surface area contributed by atoms with Gasteiger partial charge in [-0.2, -0.15) is 11.3 Å². The molecule has 20 heavy (non-hydrogen) atoms. The molecule has 4 heteroatoms. The van der Waals surface area contributed by atoms with Crippen LogP contribution in [0.3, 0.4) is 0 Å². The largest absolute Gasteiger partial charge is 0.326 e. The lowest BCUT2D eigenvalue weighted by Crippen LogP contribution is -2.03. The van der Waals surface area contributed by atoms with Gasteiger partial charge in [-0.1, -0.05) is 6.07 Å². The van der Waals surface area contributed by atoms with E-state index < -0.39 is 0 Å². The van der Waals surface area contributed by atoms with Crippen molar-refractivity contribution in [2.45, 2.75) is 33.4 Å². The molecule has 3 rings (SSSR count). The van der Waals surface area contributed by atoms with Crippen molar-refractivity contribution in [3.8, 4) is 11.4 Å². The SMILES string of the molecule is Cc1cscc1-c1nc2cc(CN)ccc2n1C(C)C. The number of hydrogen-bond acceptors (Lipinski definition) is 3. The molecule has 0 unspecified atom stereocenters. The van der Waals surface area contributed by atoms with Crippen LogP contribution in [0.2, 0.25) is 0 Å². The van der Waals surface area contributed by atoms with E-state index in [4.69, 9.17) is 10.7 Å². The van der Waals surface area contributed by atoms with Crippen molar-refractivity contribution in [3.05, 3.63) is 40.1 Å². The number of thiophene rings is 1. The molecule has 0 fully saturated rings. The molecule has 3 nitrogen and oxygen atoms in total. The quantitative estimate of drug-likeness (QED) is 0.787. The lowest BCUT2D eigenvalue weighted by atomic mass is 10.2. The molecule has 0 bridgehead atoms. The molecule has 2 aromatic heterocycles. The van der Waals surface area contributed by atoms with Gasteiger partial charge in [-0.3, -0.25) is 0 Å². The van der Waals surface area contributed by atoms with Crippen molar-refractivity contribution in [2.24, 2.45) is 5.73 Å². The average Bonchev–Trinajstić information content (AvgIpc) is 3.00. The Labute approximate surface area is 123 Å². The maximum absolute atomic E-state index is 5.73. The molecule has 104 valence electrons.